The van der Waals surface area contributed by atoms with E-state index in [4.69, 9.17) is 4.74 Å². The van der Waals surface area contributed by atoms with E-state index >= 15 is 0 Å². The van der Waals surface area contributed by atoms with Gasteiger partial charge in [0, 0.05) is 4.88 Å². The van der Waals surface area contributed by atoms with Crippen LogP contribution in [-0.2, 0) is 27.2 Å². The molecule has 1 aromatic rings. The highest BCUT2D eigenvalue weighted by Crippen LogP contribution is 2.50. The number of amides is 1. The lowest BCUT2D eigenvalue weighted by atomic mass is 9.58. The molecule has 0 aliphatic heterocycles. The van der Waals surface area contributed by atoms with E-state index in [9.17, 15) is 19.5 Å². The molecule has 2 unspecified atom stereocenters. The zero-order chi connectivity index (χ0) is 20.0. The first-order chi connectivity index (χ1) is 13.4. The molecule has 4 aliphatic rings. The number of aryl methyl sites for hydroxylation is 1. The molecular weight excluding hydrogens is 378 g/mol. The van der Waals surface area contributed by atoms with Crippen molar-refractivity contribution in [2.24, 2.45) is 23.7 Å². The molecule has 6 nitrogen and oxygen atoms in total. The molecular formula is C21H27NO5S. The Labute approximate surface area is 168 Å². The molecule has 0 radical (unpaired) electrons. The normalized spacial score (nSPS) is 28.2. The van der Waals surface area contributed by atoms with Crippen molar-refractivity contribution in [1.29, 1.82) is 0 Å². The minimum Gasteiger partial charge on any atom is -0.481 e. The summed E-state index contributed by atoms with van der Waals surface area (Å²) in [6.45, 7) is 3.61. The van der Waals surface area contributed by atoms with Crippen molar-refractivity contribution in [3.63, 3.8) is 0 Å². The highest BCUT2D eigenvalue weighted by atomic mass is 32.1. The molecule has 0 spiro atoms. The number of thiophene rings is 1. The third-order valence-corrected chi connectivity index (χ3v) is 7.72. The third kappa shape index (κ3) is 3.34. The molecule has 1 amide bonds. The Balaban J connectivity index is 1.61. The van der Waals surface area contributed by atoms with Gasteiger partial charge in [0.1, 0.15) is 5.00 Å². The predicted octanol–water partition coefficient (Wildman–Crippen LogP) is 3.88. The molecule has 7 heteroatoms. The summed E-state index contributed by atoms with van der Waals surface area (Å²) in [5.41, 5.74) is 1.47. The maximum absolute atomic E-state index is 13.2. The Kier molecular flexibility index (Phi) is 5.21. The van der Waals surface area contributed by atoms with Crippen LogP contribution in [0.3, 0.4) is 0 Å². The lowest BCUT2D eigenvalue weighted by Crippen LogP contribution is -2.49. The molecule has 2 N–H and O–H groups in total. The molecule has 2 bridgehead atoms. The van der Waals surface area contributed by atoms with Crippen LogP contribution in [0.5, 0.6) is 0 Å². The van der Waals surface area contributed by atoms with Crippen LogP contribution >= 0.6 is 11.3 Å². The number of carbonyl (C=O) groups is 3. The van der Waals surface area contributed by atoms with E-state index in [1.807, 2.05) is 0 Å². The Bertz CT molecular complexity index is 806. The minimum absolute atomic E-state index is 0.0805. The lowest BCUT2D eigenvalue weighted by Gasteiger charge is -2.45. The lowest BCUT2D eigenvalue weighted by molar-refractivity contribution is -0.156. The summed E-state index contributed by atoms with van der Waals surface area (Å²) in [7, 11) is 0. The number of carbonyl (C=O) groups excluding carboxylic acids is 2. The van der Waals surface area contributed by atoms with E-state index in [1.54, 1.807) is 13.8 Å². The second-order valence-corrected chi connectivity index (χ2v) is 9.67. The molecule has 0 saturated heterocycles. The van der Waals surface area contributed by atoms with Crippen LogP contribution in [0, 0.1) is 23.7 Å². The highest BCUT2D eigenvalue weighted by Gasteiger charge is 2.50. The van der Waals surface area contributed by atoms with Gasteiger partial charge in [-0.2, -0.15) is 0 Å². The molecule has 28 heavy (non-hydrogen) atoms. The van der Waals surface area contributed by atoms with Gasteiger partial charge >= 0.3 is 11.9 Å². The minimum atomic E-state index is -0.873. The number of carboxylic acid groups (broad SMARTS) is 1. The number of nitrogens with one attached hydrogen (secondary N) is 1. The van der Waals surface area contributed by atoms with Gasteiger partial charge in [0.2, 0.25) is 5.91 Å². The summed E-state index contributed by atoms with van der Waals surface area (Å²) < 4.78 is 5.42. The van der Waals surface area contributed by atoms with Gasteiger partial charge in [-0.15, -0.1) is 11.3 Å². The largest absolute Gasteiger partial charge is 0.481 e. The third-order valence-electron chi connectivity index (χ3n) is 6.51. The van der Waals surface area contributed by atoms with Crippen molar-refractivity contribution in [2.45, 2.75) is 64.9 Å². The SMILES string of the molecule is CC(C)OC(=O)c1c(NC(=O)C2C3CCC(CC3)C2C(=O)O)sc2c1CCC2. The second-order valence-electron chi connectivity index (χ2n) is 8.57. The molecule has 0 aromatic carbocycles. The fourth-order valence-electron chi connectivity index (χ4n) is 5.36. The summed E-state index contributed by atoms with van der Waals surface area (Å²) in [5, 5.41) is 13.2. The number of ether oxygens (including phenoxy) is 1. The average Bonchev–Trinajstić information content (AvgIpc) is 3.21. The number of hydrogen-bond acceptors (Lipinski definition) is 5. The summed E-state index contributed by atoms with van der Waals surface area (Å²) in [5.74, 6) is -2.46. The first kappa shape index (κ1) is 19.4. The Morgan fingerprint density at radius 3 is 2.32 bits per heavy atom. The van der Waals surface area contributed by atoms with Crippen LogP contribution in [0.25, 0.3) is 0 Å². The van der Waals surface area contributed by atoms with Crippen LogP contribution in [0.4, 0.5) is 5.00 Å². The number of fused-ring (bicyclic) bond motifs is 4. The molecule has 1 heterocycles. The maximum atomic E-state index is 13.2. The quantitative estimate of drug-likeness (QED) is 0.725. The van der Waals surface area contributed by atoms with E-state index in [0.29, 0.717) is 10.6 Å². The molecule has 1 aromatic heterocycles. The molecule has 2 atom stereocenters. The number of rotatable bonds is 5. The van der Waals surface area contributed by atoms with Gasteiger partial charge in [0.05, 0.1) is 23.5 Å². The number of aliphatic carboxylic acids is 1. The smallest absolute Gasteiger partial charge is 0.341 e. The number of anilines is 1. The van der Waals surface area contributed by atoms with E-state index in [0.717, 1.165) is 55.4 Å². The Morgan fingerprint density at radius 1 is 1.07 bits per heavy atom. The molecule has 3 fully saturated rings. The number of carboxylic acids is 1. The van der Waals surface area contributed by atoms with E-state index in [-0.39, 0.29) is 23.8 Å². The number of hydrogen-bond donors (Lipinski definition) is 2. The maximum Gasteiger partial charge on any atom is 0.341 e. The summed E-state index contributed by atoms with van der Waals surface area (Å²) >= 11 is 1.45. The van der Waals surface area contributed by atoms with Crippen LogP contribution < -0.4 is 5.32 Å². The van der Waals surface area contributed by atoms with Crippen LogP contribution in [0.15, 0.2) is 0 Å². The second kappa shape index (κ2) is 7.50. The summed E-state index contributed by atoms with van der Waals surface area (Å²) in [4.78, 5) is 38.9. The van der Waals surface area contributed by atoms with E-state index < -0.39 is 23.8 Å². The van der Waals surface area contributed by atoms with Gasteiger partial charge in [0.25, 0.3) is 0 Å². The van der Waals surface area contributed by atoms with Crippen molar-refractivity contribution in [3.8, 4) is 0 Å². The van der Waals surface area contributed by atoms with Crippen molar-refractivity contribution in [1.82, 2.24) is 0 Å². The van der Waals surface area contributed by atoms with Crippen molar-refractivity contribution in [2.75, 3.05) is 5.32 Å². The summed E-state index contributed by atoms with van der Waals surface area (Å²) in [6.07, 6.45) is 6.10. The van der Waals surface area contributed by atoms with Crippen molar-refractivity contribution in [3.05, 3.63) is 16.0 Å². The first-order valence-electron chi connectivity index (χ1n) is 10.3. The van der Waals surface area contributed by atoms with E-state index in [1.165, 1.54) is 11.3 Å². The zero-order valence-corrected chi connectivity index (χ0v) is 17.1. The highest BCUT2D eigenvalue weighted by molar-refractivity contribution is 7.17. The van der Waals surface area contributed by atoms with Gasteiger partial charge in [-0.3, -0.25) is 9.59 Å². The molecule has 4 aliphatic carbocycles. The molecule has 5 rings (SSSR count). The van der Waals surface area contributed by atoms with Gasteiger partial charge in [-0.05, 0) is 76.2 Å². The van der Waals surface area contributed by atoms with Crippen LogP contribution in [0.2, 0.25) is 0 Å². The van der Waals surface area contributed by atoms with Gasteiger partial charge in [-0.25, -0.2) is 4.79 Å². The first-order valence-corrected chi connectivity index (χ1v) is 11.1. The van der Waals surface area contributed by atoms with Crippen LogP contribution in [0.1, 0.15) is 66.8 Å². The topological polar surface area (TPSA) is 92.7 Å². The number of esters is 1. The van der Waals surface area contributed by atoms with Crippen molar-refractivity contribution >= 4 is 34.2 Å². The predicted molar refractivity (Wildman–Crippen MR) is 106 cm³/mol. The van der Waals surface area contributed by atoms with Crippen molar-refractivity contribution < 1.29 is 24.2 Å². The van der Waals surface area contributed by atoms with Gasteiger partial charge in [0.15, 0.2) is 0 Å². The van der Waals surface area contributed by atoms with Gasteiger partial charge < -0.3 is 15.2 Å². The van der Waals surface area contributed by atoms with E-state index in [2.05, 4.69) is 5.32 Å². The Morgan fingerprint density at radius 2 is 1.71 bits per heavy atom. The van der Waals surface area contributed by atoms with Gasteiger partial charge in [-0.1, -0.05) is 0 Å². The fourth-order valence-corrected chi connectivity index (χ4v) is 6.64. The molecule has 152 valence electrons. The standard InChI is InChI=1S/C21H27NO5S/c1-10(2)27-21(26)17-13-4-3-5-14(13)28-19(17)22-18(23)15-11-6-8-12(9-7-11)16(15)20(24)25/h10-12,15-16H,3-9H2,1-2H3,(H,22,23)(H,24,25). The summed E-state index contributed by atoms with van der Waals surface area (Å²) in [6, 6.07) is 0. The van der Waals surface area contributed by atoms with Crippen LogP contribution in [-0.4, -0.2) is 29.1 Å². The average molecular weight is 406 g/mol. The fraction of sp³-hybridized carbons (Fsp3) is 0.667. The Hall–Kier alpha value is -1.89. The monoisotopic (exact) mass is 405 g/mol. The molecule has 3 saturated carbocycles. The zero-order valence-electron chi connectivity index (χ0n) is 16.3.